The molecule has 60 valence electrons. The van der Waals surface area contributed by atoms with Crippen LogP contribution in [0.4, 0.5) is 0 Å². The van der Waals surface area contributed by atoms with Gasteiger partial charge in [0.2, 0.25) is 5.82 Å². The average molecular weight is 272 g/mol. The first-order valence-electron chi connectivity index (χ1n) is 3.38. The van der Waals surface area contributed by atoms with Gasteiger partial charge in [0.1, 0.15) is 22.9 Å². The van der Waals surface area contributed by atoms with E-state index in [1.54, 1.807) is 0 Å². The summed E-state index contributed by atoms with van der Waals surface area (Å²) in [5, 5.41) is 11.7. The number of tetrazole rings is 1. The average Bonchev–Trinajstić information content (AvgIpc) is 2.54. The molecule has 1 aromatic heterocycles. The van der Waals surface area contributed by atoms with E-state index in [4.69, 9.17) is 0 Å². The normalized spacial score (nSPS) is 10.1. The fraction of sp³-hybridized carbons (Fsp3) is 0. The lowest BCUT2D eigenvalue weighted by molar-refractivity contribution is 0.853. The van der Waals surface area contributed by atoms with Crippen molar-refractivity contribution in [2.45, 2.75) is 0 Å². The summed E-state index contributed by atoms with van der Waals surface area (Å²) in [6.45, 7) is 0. The van der Waals surface area contributed by atoms with Gasteiger partial charge in [-0.15, -0.1) is 13.2 Å². The van der Waals surface area contributed by atoms with Crippen molar-refractivity contribution in [3.8, 4) is 11.4 Å². The summed E-state index contributed by atoms with van der Waals surface area (Å²) in [5.74, 6) is 0.657. The fourth-order valence-electron chi connectivity index (χ4n) is 0.900. The molecule has 2 rings (SSSR count). The Labute approximate surface area is 83.1 Å². The van der Waals surface area contributed by atoms with Crippen molar-refractivity contribution in [1.29, 1.82) is 0 Å². The Morgan fingerprint density at radius 3 is 2.50 bits per heavy atom. The second-order valence-corrected chi connectivity index (χ2v) is 3.08. The molecule has 0 saturated heterocycles. The standard InChI is InChI=1S/C7H5IN4/c8-12-10-7(9-11-12)6-4-2-1-3-5-6/h1-5H. The van der Waals surface area contributed by atoms with Gasteiger partial charge in [0, 0.05) is 5.56 Å². The number of halogens is 1. The molecule has 0 aliphatic carbocycles. The van der Waals surface area contributed by atoms with Gasteiger partial charge in [0.15, 0.2) is 0 Å². The van der Waals surface area contributed by atoms with Crippen LogP contribution in [0.1, 0.15) is 0 Å². The number of rotatable bonds is 1. The molecule has 4 nitrogen and oxygen atoms in total. The van der Waals surface area contributed by atoms with Gasteiger partial charge in [0.25, 0.3) is 0 Å². The summed E-state index contributed by atoms with van der Waals surface area (Å²) in [6.07, 6.45) is 0. The highest BCUT2D eigenvalue weighted by Crippen LogP contribution is 2.11. The second-order valence-electron chi connectivity index (χ2n) is 2.22. The van der Waals surface area contributed by atoms with Crippen LogP contribution in [0.15, 0.2) is 30.3 Å². The lowest BCUT2D eigenvalue weighted by Crippen LogP contribution is -1.82. The topological polar surface area (TPSA) is 43.6 Å². The quantitative estimate of drug-likeness (QED) is 0.739. The molecule has 0 unspecified atom stereocenters. The smallest absolute Gasteiger partial charge is 0.121 e. The van der Waals surface area contributed by atoms with Crippen molar-refractivity contribution in [2.75, 3.05) is 0 Å². The predicted molar refractivity (Wildman–Crippen MR) is 52.7 cm³/mol. The zero-order valence-corrected chi connectivity index (χ0v) is 8.21. The number of hydrogen-bond donors (Lipinski definition) is 0. The summed E-state index contributed by atoms with van der Waals surface area (Å²) in [7, 11) is 0. The molecular weight excluding hydrogens is 267 g/mol. The first-order valence-corrected chi connectivity index (χ1v) is 4.34. The molecule has 0 bridgehead atoms. The van der Waals surface area contributed by atoms with Crippen LogP contribution < -0.4 is 0 Å². The third-order valence-electron chi connectivity index (χ3n) is 1.42. The monoisotopic (exact) mass is 272 g/mol. The van der Waals surface area contributed by atoms with E-state index >= 15 is 0 Å². The molecule has 0 aliphatic heterocycles. The molecule has 12 heavy (non-hydrogen) atoms. The van der Waals surface area contributed by atoms with Crippen LogP contribution in [0.3, 0.4) is 0 Å². The summed E-state index contributed by atoms with van der Waals surface area (Å²) in [4.78, 5) is 0. The second kappa shape index (κ2) is 3.18. The van der Waals surface area contributed by atoms with E-state index in [1.165, 1.54) is 3.01 Å². The van der Waals surface area contributed by atoms with Gasteiger partial charge in [-0.2, -0.15) is 0 Å². The van der Waals surface area contributed by atoms with Gasteiger partial charge in [-0.1, -0.05) is 30.3 Å². The number of benzene rings is 1. The minimum absolute atomic E-state index is 0.657. The van der Waals surface area contributed by atoms with E-state index in [0.29, 0.717) is 5.82 Å². The zero-order valence-electron chi connectivity index (χ0n) is 6.05. The van der Waals surface area contributed by atoms with E-state index in [1.807, 2.05) is 53.2 Å². The largest absolute Gasteiger partial charge is 0.205 e. The van der Waals surface area contributed by atoms with Gasteiger partial charge in [-0.25, -0.2) is 0 Å². The van der Waals surface area contributed by atoms with Gasteiger partial charge in [-0.3, -0.25) is 0 Å². The summed E-state index contributed by atoms with van der Waals surface area (Å²) >= 11 is 1.96. The Kier molecular flexibility index (Phi) is 2.03. The molecule has 0 amide bonds. The van der Waals surface area contributed by atoms with Crippen molar-refractivity contribution in [3.05, 3.63) is 30.3 Å². The summed E-state index contributed by atoms with van der Waals surface area (Å²) in [5.41, 5.74) is 0.986. The van der Waals surface area contributed by atoms with Crippen molar-refractivity contribution in [1.82, 2.24) is 18.4 Å². The van der Waals surface area contributed by atoms with Crippen molar-refractivity contribution < 1.29 is 0 Å². The van der Waals surface area contributed by atoms with E-state index < -0.39 is 0 Å². The molecule has 0 radical (unpaired) electrons. The Hall–Kier alpha value is -0.980. The maximum Gasteiger partial charge on any atom is 0.205 e. The van der Waals surface area contributed by atoms with Crippen molar-refractivity contribution in [3.63, 3.8) is 0 Å². The molecular formula is C7H5IN4. The van der Waals surface area contributed by atoms with Crippen LogP contribution in [0.2, 0.25) is 0 Å². The van der Waals surface area contributed by atoms with E-state index in [0.717, 1.165) is 5.56 Å². The van der Waals surface area contributed by atoms with Crippen LogP contribution in [0.5, 0.6) is 0 Å². The summed E-state index contributed by atoms with van der Waals surface area (Å²) < 4.78 is 1.42. The molecule has 0 aliphatic rings. The SMILES string of the molecule is In1nnc(-c2ccccc2)n1. The van der Waals surface area contributed by atoms with Crippen molar-refractivity contribution >= 4 is 22.9 Å². The molecule has 0 spiro atoms. The lowest BCUT2D eigenvalue weighted by Gasteiger charge is -1.89. The number of aromatic nitrogens is 4. The number of hydrogen-bond acceptors (Lipinski definition) is 3. The highest BCUT2D eigenvalue weighted by Gasteiger charge is 2.01. The highest BCUT2D eigenvalue weighted by atomic mass is 127. The van der Waals surface area contributed by atoms with Crippen LogP contribution in [-0.4, -0.2) is 18.4 Å². The van der Waals surface area contributed by atoms with Crippen molar-refractivity contribution in [2.24, 2.45) is 0 Å². The molecule has 1 aromatic carbocycles. The zero-order chi connectivity index (χ0) is 8.39. The molecule has 0 fully saturated rings. The highest BCUT2D eigenvalue weighted by molar-refractivity contribution is 14.1. The van der Waals surface area contributed by atoms with E-state index in [2.05, 4.69) is 15.4 Å². The van der Waals surface area contributed by atoms with Gasteiger partial charge >= 0.3 is 0 Å². The van der Waals surface area contributed by atoms with Crippen LogP contribution in [0.25, 0.3) is 11.4 Å². The fourth-order valence-corrected chi connectivity index (χ4v) is 1.20. The maximum absolute atomic E-state index is 4.06. The van der Waals surface area contributed by atoms with Gasteiger partial charge in [0.05, 0.1) is 0 Å². The third kappa shape index (κ3) is 1.45. The van der Waals surface area contributed by atoms with Crippen LogP contribution >= 0.6 is 22.9 Å². The molecule has 2 aromatic rings. The number of nitrogens with zero attached hydrogens (tertiary/aromatic N) is 4. The predicted octanol–water partition coefficient (Wildman–Crippen LogP) is 1.54. The molecule has 0 saturated carbocycles. The van der Waals surface area contributed by atoms with Crippen LogP contribution in [0, 0.1) is 0 Å². The Bertz CT molecular complexity index is 370. The minimum atomic E-state index is 0.657. The Morgan fingerprint density at radius 1 is 1.17 bits per heavy atom. The molecule has 1 heterocycles. The lowest BCUT2D eigenvalue weighted by atomic mass is 10.2. The first-order chi connectivity index (χ1) is 5.86. The van der Waals surface area contributed by atoms with Crippen LogP contribution in [-0.2, 0) is 0 Å². The summed E-state index contributed by atoms with van der Waals surface area (Å²) in [6, 6.07) is 9.76. The maximum atomic E-state index is 4.06. The Morgan fingerprint density at radius 2 is 1.92 bits per heavy atom. The molecule has 0 N–H and O–H groups in total. The molecule has 5 heteroatoms. The van der Waals surface area contributed by atoms with Gasteiger partial charge < -0.3 is 0 Å². The van der Waals surface area contributed by atoms with Gasteiger partial charge in [-0.05, 0) is 5.21 Å². The first kappa shape index (κ1) is 7.66. The van der Waals surface area contributed by atoms with E-state index in [-0.39, 0.29) is 0 Å². The molecule has 0 atom stereocenters. The minimum Gasteiger partial charge on any atom is -0.121 e. The third-order valence-corrected chi connectivity index (χ3v) is 1.83. The Balaban J connectivity index is 2.45. The van der Waals surface area contributed by atoms with E-state index in [9.17, 15) is 0 Å².